The summed E-state index contributed by atoms with van der Waals surface area (Å²) in [6.45, 7) is 7.92. The predicted molar refractivity (Wildman–Crippen MR) is 68.6 cm³/mol. The molecule has 4 nitrogen and oxygen atoms in total. The maximum absolute atomic E-state index is 11.2. The average molecular weight is 242 g/mol. The molecule has 1 unspecified atom stereocenters. The van der Waals surface area contributed by atoms with Crippen LogP contribution in [-0.2, 0) is 9.53 Å². The number of nitrogens with two attached hydrogens (primary N) is 1. The number of ether oxygens (including phenoxy) is 1. The van der Waals surface area contributed by atoms with Crippen LogP contribution in [0.1, 0.15) is 46.5 Å². The van der Waals surface area contributed by atoms with Crippen LogP contribution in [-0.4, -0.2) is 31.2 Å². The third-order valence-electron chi connectivity index (χ3n) is 2.90. The van der Waals surface area contributed by atoms with Crippen LogP contribution in [0.4, 0.5) is 0 Å². The van der Waals surface area contributed by atoms with Gasteiger partial charge in [-0.05, 0) is 31.1 Å². The molecule has 0 aromatic heterocycles. The molecule has 1 saturated carbocycles. The average Bonchev–Trinajstić information content (AvgIpc) is 2.97. The number of hydrogen-bond donors (Lipinski definition) is 2. The fourth-order valence-electron chi connectivity index (χ4n) is 1.52. The lowest BCUT2D eigenvalue weighted by Gasteiger charge is -2.19. The van der Waals surface area contributed by atoms with Gasteiger partial charge < -0.3 is 15.8 Å². The van der Waals surface area contributed by atoms with Crippen molar-refractivity contribution in [3.63, 3.8) is 0 Å². The molecule has 0 aromatic rings. The fourth-order valence-corrected chi connectivity index (χ4v) is 1.52. The maximum atomic E-state index is 11.2. The van der Waals surface area contributed by atoms with Gasteiger partial charge in [-0.1, -0.05) is 20.8 Å². The summed E-state index contributed by atoms with van der Waals surface area (Å²) in [6.07, 6.45) is 4.03. The van der Waals surface area contributed by atoms with Gasteiger partial charge in [0.25, 0.3) is 0 Å². The standard InChI is InChI=1S/C13H26N2O2/c1-13(2,3)7-9-17-8-6-11(12(14)16)15-10-4-5-10/h10-11,15H,4-9H2,1-3H3,(H2,14,16). The van der Waals surface area contributed by atoms with Gasteiger partial charge in [-0.25, -0.2) is 0 Å². The second-order valence-electron chi connectivity index (χ2n) is 6.11. The van der Waals surface area contributed by atoms with E-state index in [4.69, 9.17) is 10.5 Å². The minimum atomic E-state index is -0.267. The van der Waals surface area contributed by atoms with E-state index in [1.54, 1.807) is 0 Å². The molecular weight excluding hydrogens is 216 g/mol. The van der Waals surface area contributed by atoms with E-state index in [1.807, 2.05) is 0 Å². The molecule has 1 atom stereocenters. The summed E-state index contributed by atoms with van der Waals surface area (Å²) < 4.78 is 5.54. The molecule has 0 aliphatic heterocycles. The Hall–Kier alpha value is -0.610. The first-order chi connectivity index (χ1) is 7.88. The van der Waals surface area contributed by atoms with E-state index in [0.29, 0.717) is 24.5 Å². The van der Waals surface area contributed by atoms with Crippen molar-refractivity contribution >= 4 is 5.91 Å². The number of primary amides is 1. The quantitative estimate of drug-likeness (QED) is 0.633. The monoisotopic (exact) mass is 242 g/mol. The molecule has 1 rings (SSSR count). The van der Waals surface area contributed by atoms with Crippen molar-refractivity contribution in [1.29, 1.82) is 0 Å². The summed E-state index contributed by atoms with van der Waals surface area (Å²) in [5.74, 6) is -0.267. The summed E-state index contributed by atoms with van der Waals surface area (Å²) in [6, 6.07) is 0.277. The van der Waals surface area contributed by atoms with Crippen LogP contribution < -0.4 is 11.1 Å². The number of carbonyl (C=O) groups excluding carboxylic acids is 1. The van der Waals surface area contributed by atoms with Gasteiger partial charge in [-0.2, -0.15) is 0 Å². The molecule has 0 heterocycles. The maximum Gasteiger partial charge on any atom is 0.234 e. The van der Waals surface area contributed by atoms with Crippen LogP contribution in [0.5, 0.6) is 0 Å². The predicted octanol–water partition coefficient (Wildman–Crippen LogP) is 1.44. The Kier molecular flexibility index (Phi) is 5.40. The number of nitrogens with one attached hydrogen (secondary N) is 1. The van der Waals surface area contributed by atoms with Crippen LogP contribution in [0.25, 0.3) is 0 Å². The molecule has 100 valence electrons. The van der Waals surface area contributed by atoms with Gasteiger partial charge in [0.05, 0.1) is 6.04 Å². The van der Waals surface area contributed by atoms with Crippen LogP contribution >= 0.6 is 0 Å². The molecular formula is C13H26N2O2. The van der Waals surface area contributed by atoms with E-state index in [2.05, 4.69) is 26.1 Å². The zero-order valence-electron chi connectivity index (χ0n) is 11.3. The summed E-state index contributed by atoms with van der Waals surface area (Å²) in [5, 5.41) is 3.24. The van der Waals surface area contributed by atoms with E-state index in [1.165, 1.54) is 0 Å². The number of amides is 1. The Bertz CT molecular complexity index is 244. The molecule has 0 saturated heterocycles. The lowest BCUT2D eigenvalue weighted by Crippen LogP contribution is -2.43. The minimum absolute atomic E-state index is 0.225. The van der Waals surface area contributed by atoms with Gasteiger partial charge in [0.2, 0.25) is 5.91 Å². The van der Waals surface area contributed by atoms with E-state index in [9.17, 15) is 4.79 Å². The zero-order valence-corrected chi connectivity index (χ0v) is 11.3. The largest absolute Gasteiger partial charge is 0.381 e. The number of hydrogen-bond acceptors (Lipinski definition) is 3. The molecule has 17 heavy (non-hydrogen) atoms. The topological polar surface area (TPSA) is 64.3 Å². The zero-order chi connectivity index (χ0) is 12.9. The van der Waals surface area contributed by atoms with Crippen LogP contribution in [0.3, 0.4) is 0 Å². The van der Waals surface area contributed by atoms with Gasteiger partial charge >= 0.3 is 0 Å². The second kappa shape index (κ2) is 6.36. The summed E-state index contributed by atoms with van der Waals surface area (Å²) in [4.78, 5) is 11.2. The molecule has 0 spiro atoms. The van der Waals surface area contributed by atoms with Crippen molar-refractivity contribution in [2.75, 3.05) is 13.2 Å². The third-order valence-corrected chi connectivity index (χ3v) is 2.90. The van der Waals surface area contributed by atoms with Crippen molar-refractivity contribution in [1.82, 2.24) is 5.32 Å². The smallest absolute Gasteiger partial charge is 0.234 e. The van der Waals surface area contributed by atoms with E-state index >= 15 is 0 Å². The third kappa shape index (κ3) is 7.34. The molecule has 1 amide bonds. The molecule has 0 radical (unpaired) electrons. The second-order valence-corrected chi connectivity index (χ2v) is 6.11. The molecule has 0 aromatic carbocycles. The van der Waals surface area contributed by atoms with Crippen LogP contribution in [0.2, 0.25) is 0 Å². The molecule has 3 N–H and O–H groups in total. The van der Waals surface area contributed by atoms with Gasteiger partial charge in [0, 0.05) is 19.3 Å². The Labute approximate surface area is 104 Å². The molecule has 1 aliphatic rings. The highest BCUT2D eigenvalue weighted by molar-refractivity contribution is 5.79. The Morgan fingerprint density at radius 2 is 2.06 bits per heavy atom. The van der Waals surface area contributed by atoms with Crippen molar-refractivity contribution in [2.24, 2.45) is 11.1 Å². The highest BCUT2D eigenvalue weighted by atomic mass is 16.5. The summed E-state index contributed by atoms with van der Waals surface area (Å²) >= 11 is 0. The van der Waals surface area contributed by atoms with Crippen molar-refractivity contribution in [2.45, 2.75) is 58.5 Å². The first-order valence-corrected chi connectivity index (χ1v) is 6.51. The van der Waals surface area contributed by atoms with Crippen molar-refractivity contribution in [3.05, 3.63) is 0 Å². The molecule has 1 fully saturated rings. The molecule has 1 aliphatic carbocycles. The van der Waals surface area contributed by atoms with Crippen LogP contribution in [0, 0.1) is 5.41 Å². The first-order valence-electron chi connectivity index (χ1n) is 6.51. The first kappa shape index (κ1) is 14.5. The molecule has 4 heteroatoms. The Morgan fingerprint density at radius 3 is 2.53 bits per heavy atom. The van der Waals surface area contributed by atoms with E-state index in [0.717, 1.165) is 25.9 Å². The number of carbonyl (C=O) groups is 1. The van der Waals surface area contributed by atoms with Crippen LogP contribution in [0.15, 0.2) is 0 Å². The number of rotatable bonds is 8. The normalized spacial score (nSPS) is 18.1. The fraction of sp³-hybridized carbons (Fsp3) is 0.923. The van der Waals surface area contributed by atoms with Crippen molar-refractivity contribution < 1.29 is 9.53 Å². The highest BCUT2D eigenvalue weighted by Gasteiger charge is 2.26. The van der Waals surface area contributed by atoms with Gasteiger partial charge in [-0.15, -0.1) is 0 Å². The minimum Gasteiger partial charge on any atom is -0.381 e. The SMILES string of the molecule is CC(C)(C)CCOCCC(NC1CC1)C(N)=O. The van der Waals surface area contributed by atoms with Gasteiger partial charge in [0.1, 0.15) is 0 Å². The van der Waals surface area contributed by atoms with E-state index < -0.39 is 0 Å². The lowest BCUT2D eigenvalue weighted by molar-refractivity contribution is -0.120. The summed E-state index contributed by atoms with van der Waals surface area (Å²) in [7, 11) is 0. The Morgan fingerprint density at radius 1 is 1.41 bits per heavy atom. The van der Waals surface area contributed by atoms with Gasteiger partial charge in [0.15, 0.2) is 0 Å². The lowest BCUT2D eigenvalue weighted by atomic mass is 9.93. The summed E-state index contributed by atoms with van der Waals surface area (Å²) in [5.41, 5.74) is 5.64. The van der Waals surface area contributed by atoms with Crippen molar-refractivity contribution in [3.8, 4) is 0 Å². The van der Waals surface area contributed by atoms with Gasteiger partial charge in [-0.3, -0.25) is 4.79 Å². The Balaban J connectivity index is 2.07. The molecule has 0 bridgehead atoms. The van der Waals surface area contributed by atoms with E-state index in [-0.39, 0.29) is 11.9 Å². The highest BCUT2D eigenvalue weighted by Crippen LogP contribution is 2.20.